The Labute approximate surface area is 104 Å². The van der Waals surface area contributed by atoms with Gasteiger partial charge in [-0.3, -0.25) is 0 Å². The van der Waals surface area contributed by atoms with Gasteiger partial charge in [0.1, 0.15) is 11.0 Å². The van der Waals surface area contributed by atoms with E-state index in [9.17, 15) is 0 Å². The molecule has 0 fully saturated rings. The molecule has 0 atom stereocenters. The van der Waals surface area contributed by atoms with E-state index in [2.05, 4.69) is 4.98 Å². The molecule has 0 radical (unpaired) electrons. The van der Waals surface area contributed by atoms with E-state index in [0.29, 0.717) is 22.4 Å². The van der Waals surface area contributed by atoms with Crippen molar-refractivity contribution in [2.45, 2.75) is 6.54 Å². The van der Waals surface area contributed by atoms with Gasteiger partial charge in [0.25, 0.3) is 0 Å². The first kappa shape index (κ1) is 11.5. The highest BCUT2D eigenvalue weighted by Gasteiger charge is 2.14. The molecule has 0 spiro atoms. The van der Waals surface area contributed by atoms with Crippen LogP contribution in [-0.4, -0.2) is 9.55 Å². The summed E-state index contributed by atoms with van der Waals surface area (Å²) in [6, 6.07) is 7.51. The van der Waals surface area contributed by atoms with Crippen LogP contribution in [0.4, 0.5) is 0 Å². The first-order valence-corrected chi connectivity index (χ1v) is 5.56. The van der Waals surface area contributed by atoms with Crippen LogP contribution in [0.25, 0.3) is 11.4 Å². The molecular weight excluding hydrogens is 245 g/mol. The summed E-state index contributed by atoms with van der Waals surface area (Å²) in [4.78, 5) is 4.38. The van der Waals surface area contributed by atoms with Crippen LogP contribution in [-0.2, 0) is 13.6 Å². The van der Waals surface area contributed by atoms with Gasteiger partial charge < -0.3 is 10.3 Å². The zero-order valence-electron chi connectivity index (χ0n) is 8.74. The third kappa shape index (κ3) is 1.82. The van der Waals surface area contributed by atoms with E-state index < -0.39 is 0 Å². The largest absolute Gasteiger partial charge is 0.325 e. The Kier molecular flexibility index (Phi) is 3.19. The number of halogens is 2. The molecule has 0 aliphatic carbocycles. The SMILES string of the molecule is Cn1c(-c2ccccc2Cl)nc(CN)c1Cl. The summed E-state index contributed by atoms with van der Waals surface area (Å²) >= 11 is 12.2. The van der Waals surface area contributed by atoms with Gasteiger partial charge in [0, 0.05) is 19.2 Å². The minimum atomic E-state index is 0.317. The Morgan fingerprint density at radius 2 is 2.00 bits per heavy atom. The minimum Gasteiger partial charge on any atom is -0.325 e. The van der Waals surface area contributed by atoms with Gasteiger partial charge >= 0.3 is 0 Å². The molecule has 0 saturated carbocycles. The van der Waals surface area contributed by atoms with Gasteiger partial charge in [-0.25, -0.2) is 4.98 Å². The van der Waals surface area contributed by atoms with Crippen LogP contribution in [0.1, 0.15) is 5.69 Å². The molecule has 2 aromatic rings. The van der Waals surface area contributed by atoms with Crippen molar-refractivity contribution in [1.82, 2.24) is 9.55 Å². The summed E-state index contributed by atoms with van der Waals surface area (Å²) in [5.74, 6) is 0.732. The summed E-state index contributed by atoms with van der Waals surface area (Å²) in [5, 5.41) is 1.20. The number of benzene rings is 1. The van der Waals surface area contributed by atoms with Crippen LogP contribution in [0.15, 0.2) is 24.3 Å². The summed E-state index contributed by atoms with van der Waals surface area (Å²) in [6.45, 7) is 0.317. The lowest BCUT2D eigenvalue weighted by Crippen LogP contribution is -1.97. The van der Waals surface area contributed by atoms with Crippen molar-refractivity contribution < 1.29 is 0 Å². The number of rotatable bonds is 2. The van der Waals surface area contributed by atoms with Crippen molar-refractivity contribution in [2.75, 3.05) is 0 Å². The first-order chi connectivity index (χ1) is 7.65. The standard InChI is InChI=1S/C11H11Cl2N3/c1-16-10(13)9(6-14)15-11(16)7-4-2-3-5-8(7)12/h2-5H,6,14H2,1H3. The van der Waals surface area contributed by atoms with Crippen molar-refractivity contribution in [3.05, 3.63) is 40.1 Å². The Morgan fingerprint density at radius 3 is 2.56 bits per heavy atom. The second-order valence-electron chi connectivity index (χ2n) is 3.42. The predicted octanol–water partition coefficient (Wildman–Crippen LogP) is 2.85. The van der Waals surface area contributed by atoms with E-state index in [1.807, 2.05) is 31.3 Å². The van der Waals surface area contributed by atoms with Gasteiger partial charge in [0.2, 0.25) is 0 Å². The quantitative estimate of drug-likeness (QED) is 0.897. The Balaban J connectivity index is 2.61. The predicted molar refractivity (Wildman–Crippen MR) is 66.6 cm³/mol. The number of hydrogen-bond donors (Lipinski definition) is 1. The van der Waals surface area contributed by atoms with Crippen molar-refractivity contribution in [3.63, 3.8) is 0 Å². The number of hydrogen-bond acceptors (Lipinski definition) is 2. The van der Waals surface area contributed by atoms with Gasteiger partial charge in [0.15, 0.2) is 0 Å². The van der Waals surface area contributed by atoms with Crippen LogP contribution < -0.4 is 5.73 Å². The molecule has 0 bridgehead atoms. The topological polar surface area (TPSA) is 43.8 Å². The maximum atomic E-state index is 6.11. The molecule has 16 heavy (non-hydrogen) atoms. The van der Waals surface area contributed by atoms with Crippen LogP contribution in [0, 0.1) is 0 Å². The monoisotopic (exact) mass is 255 g/mol. The summed E-state index contributed by atoms with van der Waals surface area (Å²) in [7, 11) is 1.84. The fraction of sp³-hybridized carbons (Fsp3) is 0.182. The molecule has 2 rings (SSSR count). The van der Waals surface area contributed by atoms with E-state index in [0.717, 1.165) is 11.4 Å². The minimum absolute atomic E-state index is 0.317. The third-order valence-corrected chi connectivity index (χ3v) is 3.20. The van der Waals surface area contributed by atoms with Gasteiger partial charge in [-0.15, -0.1) is 0 Å². The average Bonchev–Trinajstić information content (AvgIpc) is 2.57. The van der Waals surface area contributed by atoms with E-state index in [1.54, 1.807) is 4.57 Å². The molecule has 1 heterocycles. The Morgan fingerprint density at radius 1 is 1.31 bits per heavy atom. The smallest absolute Gasteiger partial charge is 0.142 e. The van der Waals surface area contributed by atoms with Crippen LogP contribution >= 0.6 is 23.2 Å². The summed E-state index contributed by atoms with van der Waals surface area (Å²) < 4.78 is 1.78. The van der Waals surface area contributed by atoms with Gasteiger partial charge in [-0.05, 0) is 12.1 Å². The average molecular weight is 256 g/mol. The molecule has 0 amide bonds. The first-order valence-electron chi connectivity index (χ1n) is 4.81. The van der Waals surface area contributed by atoms with Crippen LogP contribution in [0.5, 0.6) is 0 Å². The molecule has 0 saturated heterocycles. The van der Waals surface area contributed by atoms with E-state index in [-0.39, 0.29) is 0 Å². The van der Waals surface area contributed by atoms with Gasteiger partial charge in [0.05, 0.1) is 10.7 Å². The van der Waals surface area contributed by atoms with Crippen LogP contribution in [0.2, 0.25) is 10.2 Å². The fourth-order valence-electron chi connectivity index (χ4n) is 1.55. The van der Waals surface area contributed by atoms with Gasteiger partial charge in [-0.2, -0.15) is 0 Å². The molecule has 0 aliphatic heterocycles. The van der Waals surface area contributed by atoms with E-state index in [4.69, 9.17) is 28.9 Å². The van der Waals surface area contributed by atoms with Crippen molar-refractivity contribution in [1.29, 1.82) is 0 Å². The number of imidazole rings is 1. The number of aromatic nitrogens is 2. The molecule has 2 N–H and O–H groups in total. The lowest BCUT2D eigenvalue weighted by molar-refractivity contribution is 0.922. The second kappa shape index (κ2) is 4.45. The summed E-state index contributed by atoms with van der Waals surface area (Å²) in [5.41, 5.74) is 7.09. The molecule has 1 aromatic heterocycles. The van der Waals surface area contributed by atoms with Crippen molar-refractivity contribution >= 4 is 23.2 Å². The molecule has 0 aliphatic rings. The second-order valence-corrected chi connectivity index (χ2v) is 4.18. The highest BCUT2D eigenvalue weighted by molar-refractivity contribution is 6.33. The fourth-order valence-corrected chi connectivity index (χ4v) is 1.97. The number of nitrogens with two attached hydrogens (primary N) is 1. The highest BCUT2D eigenvalue weighted by Crippen LogP contribution is 2.29. The molecular formula is C11H11Cl2N3. The van der Waals surface area contributed by atoms with E-state index in [1.165, 1.54) is 0 Å². The maximum Gasteiger partial charge on any atom is 0.142 e. The van der Waals surface area contributed by atoms with Crippen molar-refractivity contribution in [3.8, 4) is 11.4 Å². The molecule has 1 aromatic carbocycles. The lowest BCUT2D eigenvalue weighted by atomic mass is 10.2. The third-order valence-electron chi connectivity index (χ3n) is 2.40. The lowest BCUT2D eigenvalue weighted by Gasteiger charge is -2.03. The zero-order valence-corrected chi connectivity index (χ0v) is 10.3. The molecule has 84 valence electrons. The molecule has 3 nitrogen and oxygen atoms in total. The normalized spacial score (nSPS) is 10.8. The molecule has 0 unspecified atom stereocenters. The van der Waals surface area contributed by atoms with E-state index >= 15 is 0 Å². The molecule has 5 heteroatoms. The zero-order chi connectivity index (χ0) is 11.7. The Bertz CT molecular complexity index is 520. The number of nitrogens with zero attached hydrogens (tertiary/aromatic N) is 2. The highest BCUT2D eigenvalue weighted by atomic mass is 35.5. The summed E-state index contributed by atoms with van der Waals surface area (Å²) in [6.07, 6.45) is 0. The Hall–Kier alpha value is -1.03. The van der Waals surface area contributed by atoms with Crippen molar-refractivity contribution in [2.24, 2.45) is 12.8 Å². The maximum absolute atomic E-state index is 6.11. The van der Waals surface area contributed by atoms with Gasteiger partial charge in [-0.1, -0.05) is 35.3 Å². The van der Waals surface area contributed by atoms with Crippen LogP contribution in [0.3, 0.4) is 0 Å².